The van der Waals surface area contributed by atoms with Crippen molar-refractivity contribution in [2.45, 2.75) is 26.7 Å². The van der Waals surface area contributed by atoms with Crippen LogP contribution in [-0.4, -0.2) is 19.1 Å². The number of ether oxygens (including phenoxy) is 1. The van der Waals surface area contributed by atoms with E-state index in [4.69, 9.17) is 4.74 Å². The zero-order valence-corrected chi connectivity index (χ0v) is 13.9. The molecule has 0 saturated heterocycles. The van der Waals surface area contributed by atoms with Gasteiger partial charge in [-0.1, -0.05) is 32.0 Å². The van der Waals surface area contributed by atoms with Crippen LogP contribution in [0.1, 0.15) is 32.3 Å². The summed E-state index contributed by atoms with van der Waals surface area (Å²) in [5, 5.41) is 6.08. The van der Waals surface area contributed by atoms with E-state index in [1.807, 2.05) is 55.5 Å². The highest BCUT2D eigenvalue weighted by molar-refractivity contribution is 5.94. The number of carbonyl (C=O) groups is 1. The van der Waals surface area contributed by atoms with Gasteiger partial charge < -0.3 is 15.4 Å². The molecule has 0 unspecified atom stereocenters. The maximum Gasteiger partial charge on any atom is 0.243 e. The first-order valence-electron chi connectivity index (χ1n) is 7.95. The van der Waals surface area contributed by atoms with Gasteiger partial charge in [0.15, 0.2) is 0 Å². The number of carbonyl (C=O) groups excluding carboxylic acids is 1. The summed E-state index contributed by atoms with van der Waals surface area (Å²) in [5.41, 5.74) is 2.91. The Hall–Kier alpha value is -2.49. The second-order valence-corrected chi connectivity index (χ2v) is 5.60. The number of rotatable bonds is 7. The Morgan fingerprint density at radius 1 is 1.09 bits per heavy atom. The minimum Gasteiger partial charge on any atom is -0.494 e. The third kappa shape index (κ3) is 5.02. The molecule has 4 nitrogen and oxygen atoms in total. The van der Waals surface area contributed by atoms with Gasteiger partial charge in [-0.3, -0.25) is 4.79 Å². The minimum atomic E-state index is -0.0630. The van der Waals surface area contributed by atoms with Crippen LogP contribution in [0.25, 0.3) is 0 Å². The van der Waals surface area contributed by atoms with Gasteiger partial charge in [0, 0.05) is 11.4 Å². The molecule has 0 aliphatic rings. The first-order valence-corrected chi connectivity index (χ1v) is 7.95. The molecule has 2 aromatic carbocycles. The van der Waals surface area contributed by atoms with Gasteiger partial charge in [-0.25, -0.2) is 0 Å². The first-order chi connectivity index (χ1) is 11.1. The Kier molecular flexibility index (Phi) is 6.03. The molecule has 0 aliphatic heterocycles. The van der Waals surface area contributed by atoms with Crippen molar-refractivity contribution >= 4 is 17.3 Å². The molecule has 122 valence electrons. The number of benzene rings is 2. The SMILES string of the molecule is CCOc1ccc(NCC(=O)Nc2ccccc2C(C)C)cc1. The number of hydrogen-bond acceptors (Lipinski definition) is 3. The van der Waals surface area contributed by atoms with Crippen LogP contribution in [0.2, 0.25) is 0 Å². The molecule has 0 spiro atoms. The summed E-state index contributed by atoms with van der Waals surface area (Å²) in [6, 6.07) is 15.5. The van der Waals surface area contributed by atoms with Crippen molar-refractivity contribution in [3.8, 4) is 5.75 Å². The highest BCUT2D eigenvalue weighted by Gasteiger charge is 2.08. The summed E-state index contributed by atoms with van der Waals surface area (Å²) in [6.45, 7) is 7.04. The lowest BCUT2D eigenvalue weighted by Gasteiger charge is -2.14. The normalized spacial score (nSPS) is 10.4. The average Bonchev–Trinajstić information content (AvgIpc) is 2.55. The van der Waals surface area contributed by atoms with Crippen molar-refractivity contribution < 1.29 is 9.53 Å². The Labute approximate surface area is 137 Å². The van der Waals surface area contributed by atoms with Gasteiger partial charge in [0.2, 0.25) is 5.91 Å². The van der Waals surface area contributed by atoms with Crippen molar-refractivity contribution in [2.75, 3.05) is 23.8 Å². The Balaban J connectivity index is 1.90. The van der Waals surface area contributed by atoms with Crippen LogP contribution in [-0.2, 0) is 4.79 Å². The number of amides is 1. The molecule has 0 aromatic heterocycles. The van der Waals surface area contributed by atoms with Gasteiger partial charge in [0.05, 0.1) is 13.2 Å². The predicted octanol–water partition coefficient (Wildman–Crippen LogP) is 4.26. The molecule has 0 heterocycles. The summed E-state index contributed by atoms with van der Waals surface area (Å²) in [5.74, 6) is 1.13. The molecule has 4 heteroatoms. The van der Waals surface area contributed by atoms with Gasteiger partial charge in [-0.2, -0.15) is 0 Å². The Bertz CT molecular complexity index is 636. The molecule has 0 aliphatic carbocycles. The molecule has 2 N–H and O–H groups in total. The lowest BCUT2D eigenvalue weighted by molar-refractivity contribution is -0.114. The molecule has 2 rings (SSSR count). The molecule has 0 bridgehead atoms. The van der Waals surface area contributed by atoms with Crippen LogP contribution in [0.5, 0.6) is 5.75 Å². The summed E-state index contributed by atoms with van der Waals surface area (Å²) in [6.07, 6.45) is 0. The van der Waals surface area contributed by atoms with E-state index in [-0.39, 0.29) is 12.5 Å². The molecule has 0 atom stereocenters. The van der Waals surface area contributed by atoms with E-state index in [9.17, 15) is 4.79 Å². The fourth-order valence-corrected chi connectivity index (χ4v) is 2.33. The van der Waals surface area contributed by atoms with Crippen LogP contribution >= 0.6 is 0 Å². The monoisotopic (exact) mass is 312 g/mol. The van der Waals surface area contributed by atoms with E-state index in [0.29, 0.717) is 12.5 Å². The summed E-state index contributed by atoms with van der Waals surface area (Å²) in [4.78, 5) is 12.1. The lowest BCUT2D eigenvalue weighted by atomic mass is 10.0. The second-order valence-electron chi connectivity index (χ2n) is 5.60. The topological polar surface area (TPSA) is 50.4 Å². The number of anilines is 2. The van der Waals surface area contributed by atoms with E-state index >= 15 is 0 Å². The van der Waals surface area contributed by atoms with Crippen LogP contribution in [0.3, 0.4) is 0 Å². The van der Waals surface area contributed by atoms with E-state index in [2.05, 4.69) is 24.5 Å². The van der Waals surface area contributed by atoms with Gasteiger partial charge >= 0.3 is 0 Å². The third-order valence-corrected chi connectivity index (χ3v) is 3.48. The maximum atomic E-state index is 12.1. The van der Waals surface area contributed by atoms with E-state index in [1.54, 1.807) is 0 Å². The van der Waals surface area contributed by atoms with Crippen molar-refractivity contribution in [1.82, 2.24) is 0 Å². The summed E-state index contributed by atoms with van der Waals surface area (Å²) >= 11 is 0. The molecule has 0 saturated carbocycles. The minimum absolute atomic E-state index is 0.0630. The van der Waals surface area contributed by atoms with E-state index < -0.39 is 0 Å². The van der Waals surface area contributed by atoms with Crippen molar-refractivity contribution in [3.05, 3.63) is 54.1 Å². The molecule has 0 radical (unpaired) electrons. The summed E-state index contributed by atoms with van der Waals surface area (Å²) in [7, 11) is 0. The van der Waals surface area contributed by atoms with E-state index in [1.165, 1.54) is 0 Å². The van der Waals surface area contributed by atoms with Gasteiger partial charge in [0.25, 0.3) is 0 Å². The van der Waals surface area contributed by atoms with Gasteiger partial charge in [-0.15, -0.1) is 0 Å². The lowest BCUT2D eigenvalue weighted by Crippen LogP contribution is -2.22. The highest BCUT2D eigenvalue weighted by Crippen LogP contribution is 2.23. The molecular weight excluding hydrogens is 288 g/mol. The largest absolute Gasteiger partial charge is 0.494 e. The Morgan fingerprint density at radius 3 is 2.43 bits per heavy atom. The molecule has 0 fully saturated rings. The van der Waals surface area contributed by atoms with Crippen molar-refractivity contribution in [1.29, 1.82) is 0 Å². The molecule has 2 aromatic rings. The molecular formula is C19H24N2O2. The first kappa shape index (κ1) is 16.9. The zero-order valence-electron chi connectivity index (χ0n) is 13.9. The fraction of sp³-hybridized carbons (Fsp3) is 0.316. The van der Waals surface area contributed by atoms with E-state index in [0.717, 1.165) is 22.7 Å². The quantitative estimate of drug-likeness (QED) is 0.803. The van der Waals surface area contributed by atoms with Crippen LogP contribution in [0.15, 0.2) is 48.5 Å². The Morgan fingerprint density at radius 2 is 1.78 bits per heavy atom. The standard InChI is InChI=1S/C19H24N2O2/c1-4-23-16-11-9-15(10-12-16)20-13-19(22)21-18-8-6-5-7-17(18)14(2)3/h5-12,14,20H,4,13H2,1-3H3,(H,21,22). The average molecular weight is 312 g/mol. The predicted molar refractivity (Wildman–Crippen MR) is 95.3 cm³/mol. The highest BCUT2D eigenvalue weighted by atomic mass is 16.5. The second kappa shape index (κ2) is 8.22. The summed E-state index contributed by atoms with van der Waals surface area (Å²) < 4.78 is 5.39. The van der Waals surface area contributed by atoms with Crippen LogP contribution in [0, 0.1) is 0 Å². The van der Waals surface area contributed by atoms with Gasteiger partial charge in [-0.05, 0) is 48.7 Å². The van der Waals surface area contributed by atoms with Gasteiger partial charge in [0.1, 0.15) is 5.75 Å². The molecule has 23 heavy (non-hydrogen) atoms. The zero-order chi connectivity index (χ0) is 16.7. The molecule has 1 amide bonds. The third-order valence-electron chi connectivity index (χ3n) is 3.48. The van der Waals surface area contributed by atoms with Crippen molar-refractivity contribution in [3.63, 3.8) is 0 Å². The van der Waals surface area contributed by atoms with Crippen molar-refractivity contribution in [2.24, 2.45) is 0 Å². The number of hydrogen-bond donors (Lipinski definition) is 2. The number of nitrogens with one attached hydrogen (secondary N) is 2. The maximum absolute atomic E-state index is 12.1. The fourth-order valence-electron chi connectivity index (χ4n) is 2.33. The van der Waals surface area contributed by atoms with Crippen LogP contribution < -0.4 is 15.4 Å². The van der Waals surface area contributed by atoms with Crippen LogP contribution in [0.4, 0.5) is 11.4 Å². The number of para-hydroxylation sites is 1. The smallest absolute Gasteiger partial charge is 0.243 e.